The summed E-state index contributed by atoms with van der Waals surface area (Å²) >= 11 is 0. The van der Waals surface area contributed by atoms with Gasteiger partial charge in [0, 0.05) is 6.04 Å². The van der Waals surface area contributed by atoms with Crippen LogP contribution >= 0.6 is 0 Å². The lowest BCUT2D eigenvalue weighted by atomic mass is 10.0. The molecule has 5 heteroatoms. The lowest BCUT2D eigenvalue weighted by molar-refractivity contribution is -0.154. The van der Waals surface area contributed by atoms with E-state index in [1.165, 1.54) is 7.11 Å². The number of carbonyl (C=O) groups excluding carboxylic acids is 2. The maximum absolute atomic E-state index is 12.3. The Kier molecular flexibility index (Phi) is 5.59. The van der Waals surface area contributed by atoms with Gasteiger partial charge in [0.05, 0.1) is 13.2 Å². The minimum atomic E-state index is -0.553. The molecule has 1 fully saturated rings. The average Bonchev–Trinajstić information content (AvgIpc) is 2.49. The first-order valence-corrected chi connectivity index (χ1v) is 6.68. The highest BCUT2D eigenvalue weighted by molar-refractivity contribution is 5.87. The van der Waals surface area contributed by atoms with Crippen molar-refractivity contribution < 1.29 is 14.3 Å². The first-order chi connectivity index (χ1) is 8.52. The van der Waals surface area contributed by atoms with Crippen LogP contribution < -0.4 is 5.73 Å². The molecule has 1 aliphatic heterocycles. The predicted molar refractivity (Wildman–Crippen MR) is 68.8 cm³/mol. The minimum absolute atomic E-state index is 0.102. The maximum atomic E-state index is 12.3. The first kappa shape index (κ1) is 15.0. The van der Waals surface area contributed by atoms with E-state index in [1.807, 2.05) is 0 Å². The highest BCUT2D eigenvalue weighted by Gasteiger charge is 2.36. The summed E-state index contributed by atoms with van der Waals surface area (Å²) in [6, 6.07) is -0.938. The second kappa shape index (κ2) is 6.73. The molecule has 1 amide bonds. The molecule has 0 aliphatic carbocycles. The smallest absolute Gasteiger partial charge is 0.328 e. The van der Waals surface area contributed by atoms with E-state index >= 15 is 0 Å². The minimum Gasteiger partial charge on any atom is -0.467 e. The van der Waals surface area contributed by atoms with Crippen LogP contribution in [0.4, 0.5) is 0 Å². The predicted octanol–water partition coefficient (Wildman–Crippen LogP) is 1.06. The van der Waals surface area contributed by atoms with Gasteiger partial charge in [-0.15, -0.1) is 0 Å². The Balaban J connectivity index is 2.94. The van der Waals surface area contributed by atoms with Crippen LogP contribution in [0.5, 0.6) is 0 Å². The van der Waals surface area contributed by atoms with Gasteiger partial charge in [0.25, 0.3) is 0 Å². The molecule has 1 heterocycles. The molecule has 0 bridgehead atoms. The molecule has 3 atom stereocenters. The van der Waals surface area contributed by atoms with Crippen molar-refractivity contribution in [3.05, 3.63) is 0 Å². The number of hydrogen-bond acceptors (Lipinski definition) is 4. The van der Waals surface area contributed by atoms with Crippen molar-refractivity contribution in [1.29, 1.82) is 0 Å². The normalized spacial score (nSPS) is 26.7. The molecular formula is C13H24N2O3. The van der Waals surface area contributed by atoms with Crippen LogP contribution in [0.2, 0.25) is 0 Å². The van der Waals surface area contributed by atoms with E-state index in [4.69, 9.17) is 10.5 Å². The third-order valence-corrected chi connectivity index (χ3v) is 3.60. The summed E-state index contributed by atoms with van der Waals surface area (Å²) in [6.07, 6.45) is 4.43. The van der Waals surface area contributed by atoms with Crippen LogP contribution in [0.15, 0.2) is 0 Å². The zero-order valence-electron chi connectivity index (χ0n) is 11.5. The molecule has 0 aromatic carbocycles. The number of rotatable bonds is 4. The third-order valence-electron chi connectivity index (χ3n) is 3.60. The largest absolute Gasteiger partial charge is 0.467 e. The van der Waals surface area contributed by atoms with Gasteiger partial charge in [-0.1, -0.05) is 13.3 Å². The molecule has 0 saturated carbocycles. The highest BCUT2D eigenvalue weighted by Crippen LogP contribution is 2.23. The van der Waals surface area contributed by atoms with Crippen LogP contribution in [0, 0.1) is 0 Å². The summed E-state index contributed by atoms with van der Waals surface area (Å²) in [5, 5.41) is 0. The number of carbonyl (C=O) groups is 2. The lowest BCUT2D eigenvalue weighted by Gasteiger charge is -2.34. The van der Waals surface area contributed by atoms with Gasteiger partial charge < -0.3 is 15.4 Å². The zero-order valence-corrected chi connectivity index (χ0v) is 11.5. The Bertz CT molecular complexity index is 307. The first-order valence-electron chi connectivity index (χ1n) is 6.68. The summed E-state index contributed by atoms with van der Waals surface area (Å²) in [6.45, 7) is 3.79. The van der Waals surface area contributed by atoms with E-state index in [1.54, 1.807) is 11.8 Å². The molecule has 18 heavy (non-hydrogen) atoms. The molecule has 0 unspecified atom stereocenters. The Morgan fingerprint density at radius 3 is 2.78 bits per heavy atom. The molecule has 1 saturated heterocycles. The average molecular weight is 256 g/mol. The van der Waals surface area contributed by atoms with Gasteiger partial charge >= 0.3 is 5.97 Å². The van der Waals surface area contributed by atoms with Crippen molar-refractivity contribution in [1.82, 2.24) is 4.90 Å². The fourth-order valence-corrected chi connectivity index (χ4v) is 2.62. The number of likely N-dealkylation sites (tertiary alicyclic amines) is 1. The van der Waals surface area contributed by atoms with Gasteiger partial charge in [-0.2, -0.15) is 0 Å². The second-order valence-electron chi connectivity index (χ2n) is 4.92. The monoisotopic (exact) mass is 256 g/mol. The van der Waals surface area contributed by atoms with Crippen molar-refractivity contribution >= 4 is 11.9 Å². The molecule has 0 spiro atoms. The molecule has 1 aliphatic rings. The quantitative estimate of drug-likeness (QED) is 0.763. The molecule has 5 nitrogen and oxygen atoms in total. The Hall–Kier alpha value is -1.10. The maximum Gasteiger partial charge on any atom is 0.328 e. The highest BCUT2D eigenvalue weighted by atomic mass is 16.5. The van der Waals surface area contributed by atoms with Crippen LogP contribution in [-0.4, -0.2) is 42.0 Å². The summed E-state index contributed by atoms with van der Waals surface area (Å²) < 4.78 is 4.74. The molecule has 1 rings (SSSR count). The molecule has 0 radical (unpaired) electrons. The molecule has 0 aromatic rings. The standard InChI is InChI=1S/C13H24N2O3/c1-4-6-10-7-5-8-11(14)12(16)15(10)9(2)13(17)18-3/h9-11H,4-8,14H2,1-3H3/t9-,10-,11-/m0/s1. The van der Waals surface area contributed by atoms with Gasteiger partial charge in [-0.3, -0.25) is 4.79 Å². The van der Waals surface area contributed by atoms with Gasteiger partial charge in [0.1, 0.15) is 6.04 Å². The van der Waals surface area contributed by atoms with Crippen LogP contribution in [0.1, 0.15) is 46.0 Å². The SMILES string of the molecule is CCC[C@H]1CCC[C@H](N)C(=O)N1[C@@H](C)C(=O)OC. The van der Waals surface area contributed by atoms with Gasteiger partial charge in [0.15, 0.2) is 0 Å². The number of amides is 1. The van der Waals surface area contributed by atoms with Crippen molar-refractivity contribution in [2.45, 2.75) is 64.1 Å². The number of nitrogens with zero attached hydrogens (tertiary/aromatic N) is 1. The van der Waals surface area contributed by atoms with E-state index in [-0.39, 0.29) is 17.9 Å². The summed E-state index contributed by atoms with van der Waals surface area (Å²) in [7, 11) is 1.34. The number of nitrogens with two attached hydrogens (primary N) is 1. The molecule has 0 aromatic heterocycles. The fourth-order valence-electron chi connectivity index (χ4n) is 2.62. The molecule has 2 N–H and O–H groups in total. The summed E-state index contributed by atoms with van der Waals surface area (Å²) in [5.74, 6) is -0.498. The van der Waals surface area contributed by atoms with Crippen molar-refractivity contribution in [3.63, 3.8) is 0 Å². The molecule has 104 valence electrons. The summed E-state index contributed by atoms with van der Waals surface area (Å²) in [4.78, 5) is 25.6. The summed E-state index contributed by atoms with van der Waals surface area (Å²) in [5.41, 5.74) is 5.86. The number of esters is 1. The fraction of sp³-hybridized carbons (Fsp3) is 0.846. The third kappa shape index (κ3) is 3.22. The second-order valence-corrected chi connectivity index (χ2v) is 4.92. The van der Waals surface area contributed by atoms with Crippen LogP contribution in [0.3, 0.4) is 0 Å². The molecular weight excluding hydrogens is 232 g/mol. The van der Waals surface area contributed by atoms with E-state index in [9.17, 15) is 9.59 Å². The Labute approximate surface area is 109 Å². The Morgan fingerprint density at radius 2 is 2.22 bits per heavy atom. The van der Waals surface area contributed by atoms with E-state index in [0.717, 1.165) is 25.7 Å². The van der Waals surface area contributed by atoms with Crippen LogP contribution in [0.25, 0.3) is 0 Å². The van der Waals surface area contributed by atoms with Gasteiger partial charge in [0.2, 0.25) is 5.91 Å². The van der Waals surface area contributed by atoms with Crippen molar-refractivity contribution in [2.75, 3.05) is 7.11 Å². The topological polar surface area (TPSA) is 72.6 Å². The van der Waals surface area contributed by atoms with E-state index in [2.05, 4.69) is 6.92 Å². The van der Waals surface area contributed by atoms with Crippen LogP contribution in [-0.2, 0) is 14.3 Å². The lowest BCUT2D eigenvalue weighted by Crippen LogP contribution is -2.53. The van der Waals surface area contributed by atoms with Gasteiger partial charge in [-0.25, -0.2) is 4.79 Å². The van der Waals surface area contributed by atoms with Crippen molar-refractivity contribution in [2.24, 2.45) is 5.73 Å². The number of hydrogen-bond donors (Lipinski definition) is 1. The van der Waals surface area contributed by atoms with Gasteiger partial charge in [-0.05, 0) is 32.6 Å². The van der Waals surface area contributed by atoms with E-state index in [0.29, 0.717) is 6.42 Å². The number of methoxy groups -OCH3 is 1. The van der Waals surface area contributed by atoms with E-state index < -0.39 is 12.1 Å². The van der Waals surface area contributed by atoms with Crippen molar-refractivity contribution in [3.8, 4) is 0 Å². The number of ether oxygens (including phenoxy) is 1. The Morgan fingerprint density at radius 1 is 1.56 bits per heavy atom. The zero-order chi connectivity index (χ0) is 13.7.